The summed E-state index contributed by atoms with van der Waals surface area (Å²) in [6, 6.07) is 15.5. The number of alkyl halides is 3. The number of carbonyl (C=O) groups excluding carboxylic acids is 1. The van der Waals surface area contributed by atoms with Gasteiger partial charge in [0.15, 0.2) is 5.82 Å². The molecule has 36 heavy (non-hydrogen) atoms. The van der Waals surface area contributed by atoms with E-state index in [0.717, 1.165) is 30.5 Å². The zero-order chi connectivity index (χ0) is 25.3. The van der Waals surface area contributed by atoms with Gasteiger partial charge < -0.3 is 16.0 Å². The maximum atomic E-state index is 12.9. The number of amides is 1. The SMILES string of the molecule is N[C@@H]1CCCN(C(=O)c2ccc(-c3ccc4ncnc(Nc5ccc(C(F)(F)F)cc5)c4n3)cc2)C1. The molecule has 0 aliphatic carbocycles. The van der Waals surface area contributed by atoms with Crippen molar-refractivity contribution in [1.82, 2.24) is 19.9 Å². The lowest BCUT2D eigenvalue weighted by Gasteiger charge is -2.30. The van der Waals surface area contributed by atoms with Crippen LogP contribution in [0.15, 0.2) is 67.0 Å². The second-order valence-corrected chi connectivity index (χ2v) is 8.72. The third-order valence-corrected chi connectivity index (χ3v) is 6.13. The Balaban J connectivity index is 1.39. The molecular weight excluding hydrogens is 469 g/mol. The smallest absolute Gasteiger partial charge is 0.338 e. The molecule has 184 valence electrons. The molecule has 1 amide bonds. The summed E-state index contributed by atoms with van der Waals surface area (Å²) >= 11 is 0. The van der Waals surface area contributed by atoms with Crippen LogP contribution in [0.5, 0.6) is 0 Å². The fraction of sp³-hybridized carbons (Fsp3) is 0.231. The summed E-state index contributed by atoms with van der Waals surface area (Å²) in [6.07, 6.45) is -1.22. The van der Waals surface area contributed by atoms with E-state index in [1.165, 1.54) is 18.5 Å². The number of hydrogen-bond acceptors (Lipinski definition) is 6. The van der Waals surface area contributed by atoms with Crippen molar-refractivity contribution in [3.63, 3.8) is 0 Å². The van der Waals surface area contributed by atoms with Gasteiger partial charge in [-0.1, -0.05) is 12.1 Å². The second-order valence-electron chi connectivity index (χ2n) is 8.72. The van der Waals surface area contributed by atoms with Gasteiger partial charge in [0.1, 0.15) is 11.8 Å². The molecule has 5 rings (SSSR count). The Morgan fingerprint density at radius 2 is 1.75 bits per heavy atom. The summed E-state index contributed by atoms with van der Waals surface area (Å²) in [6.45, 7) is 1.26. The molecule has 0 bridgehead atoms. The number of carbonyl (C=O) groups is 1. The number of benzene rings is 2. The first-order valence-electron chi connectivity index (χ1n) is 11.5. The number of nitrogens with one attached hydrogen (secondary N) is 1. The van der Waals surface area contributed by atoms with Crippen LogP contribution in [0.4, 0.5) is 24.7 Å². The molecule has 2 aromatic carbocycles. The molecule has 3 heterocycles. The number of fused-ring (bicyclic) bond motifs is 1. The monoisotopic (exact) mass is 492 g/mol. The lowest BCUT2D eigenvalue weighted by atomic mass is 10.0. The fourth-order valence-corrected chi connectivity index (χ4v) is 4.23. The van der Waals surface area contributed by atoms with Crippen molar-refractivity contribution < 1.29 is 18.0 Å². The molecule has 0 unspecified atom stereocenters. The first-order valence-corrected chi connectivity index (χ1v) is 11.5. The van der Waals surface area contributed by atoms with E-state index in [2.05, 4.69) is 15.3 Å². The number of piperidine rings is 1. The van der Waals surface area contributed by atoms with Crippen molar-refractivity contribution >= 4 is 28.4 Å². The van der Waals surface area contributed by atoms with Crippen molar-refractivity contribution in [3.05, 3.63) is 78.1 Å². The molecule has 1 atom stereocenters. The first kappa shape index (κ1) is 23.7. The van der Waals surface area contributed by atoms with Crippen LogP contribution in [0.1, 0.15) is 28.8 Å². The van der Waals surface area contributed by atoms with E-state index in [0.29, 0.717) is 46.9 Å². The number of hydrogen-bond donors (Lipinski definition) is 2. The van der Waals surface area contributed by atoms with Crippen molar-refractivity contribution in [1.29, 1.82) is 0 Å². The van der Waals surface area contributed by atoms with E-state index < -0.39 is 11.7 Å². The average molecular weight is 493 g/mol. The standard InChI is InChI=1S/C26H23F3N6O/c27-26(28,29)18-7-9-20(10-8-18)33-24-23-22(31-15-32-24)12-11-21(34-23)16-3-5-17(6-4-16)25(36)35-13-1-2-19(30)14-35/h3-12,15,19H,1-2,13-14,30H2,(H,31,32,33)/t19-/m1/s1. The number of pyridine rings is 1. The minimum Gasteiger partial charge on any atom is -0.338 e. The van der Waals surface area contributed by atoms with E-state index in [1.54, 1.807) is 23.1 Å². The molecule has 2 aromatic heterocycles. The molecule has 0 spiro atoms. The van der Waals surface area contributed by atoms with E-state index in [4.69, 9.17) is 10.7 Å². The Labute approximate surface area is 205 Å². The molecule has 1 saturated heterocycles. The first-order chi connectivity index (χ1) is 17.3. The third-order valence-electron chi connectivity index (χ3n) is 6.13. The normalized spacial score (nSPS) is 16.2. The van der Waals surface area contributed by atoms with Crippen molar-refractivity contribution in [2.24, 2.45) is 5.73 Å². The van der Waals surface area contributed by atoms with Gasteiger partial charge in [0.25, 0.3) is 5.91 Å². The summed E-state index contributed by atoms with van der Waals surface area (Å²) in [5.74, 6) is 0.328. The Bertz CT molecular complexity index is 1390. The van der Waals surface area contributed by atoms with E-state index in [-0.39, 0.29) is 11.9 Å². The maximum Gasteiger partial charge on any atom is 0.416 e. The van der Waals surface area contributed by atoms with Crippen LogP contribution < -0.4 is 11.1 Å². The van der Waals surface area contributed by atoms with Crippen LogP contribution >= 0.6 is 0 Å². The van der Waals surface area contributed by atoms with Gasteiger partial charge in [0.05, 0.1) is 16.8 Å². The van der Waals surface area contributed by atoms with E-state index >= 15 is 0 Å². The number of nitrogens with two attached hydrogens (primary N) is 1. The molecule has 7 nitrogen and oxygen atoms in total. The molecule has 0 radical (unpaired) electrons. The molecule has 3 N–H and O–H groups in total. The number of anilines is 2. The minimum atomic E-state index is -4.41. The van der Waals surface area contributed by atoms with Gasteiger partial charge >= 0.3 is 6.18 Å². The third kappa shape index (κ3) is 4.99. The largest absolute Gasteiger partial charge is 0.416 e. The predicted octanol–water partition coefficient (Wildman–Crippen LogP) is 5.02. The van der Waals surface area contributed by atoms with Crippen LogP contribution in [0, 0.1) is 0 Å². The Morgan fingerprint density at radius 3 is 2.44 bits per heavy atom. The molecule has 0 saturated carbocycles. The highest BCUT2D eigenvalue weighted by atomic mass is 19.4. The molecule has 10 heteroatoms. The molecule has 1 aliphatic heterocycles. The maximum absolute atomic E-state index is 12.9. The Morgan fingerprint density at radius 1 is 1.00 bits per heavy atom. The topological polar surface area (TPSA) is 97.0 Å². The van der Waals surface area contributed by atoms with Gasteiger partial charge in [-0.2, -0.15) is 13.2 Å². The van der Waals surface area contributed by atoms with Crippen molar-refractivity contribution in [2.75, 3.05) is 18.4 Å². The summed E-state index contributed by atoms with van der Waals surface area (Å²) in [7, 11) is 0. The number of halogens is 3. The number of likely N-dealkylation sites (tertiary alicyclic amines) is 1. The quantitative estimate of drug-likeness (QED) is 0.415. The van der Waals surface area contributed by atoms with Gasteiger partial charge in [-0.3, -0.25) is 4.79 Å². The Kier molecular flexibility index (Phi) is 6.27. The Hall–Kier alpha value is -4.05. The summed E-state index contributed by atoms with van der Waals surface area (Å²) in [4.78, 5) is 27.8. The zero-order valence-electron chi connectivity index (χ0n) is 19.2. The zero-order valence-corrected chi connectivity index (χ0v) is 19.2. The van der Waals surface area contributed by atoms with Crippen molar-refractivity contribution in [3.8, 4) is 11.3 Å². The van der Waals surface area contributed by atoms with Crippen molar-refractivity contribution in [2.45, 2.75) is 25.1 Å². The molecule has 1 aliphatic rings. The van der Waals surface area contributed by atoms with Gasteiger partial charge in [-0.15, -0.1) is 0 Å². The van der Waals surface area contributed by atoms with Crippen LogP contribution in [0.2, 0.25) is 0 Å². The summed E-state index contributed by atoms with van der Waals surface area (Å²) < 4.78 is 38.6. The summed E-state index contributed by atoms with van der Waals surface area (Å²) in [5.41, 5.74) is 8.80. The van der Waals surface area contributed by atoms with Crippen LogP contribution in [-0.2, 0) is 6.18 Å². The number of aromatic nitrogens is 3. The summed E-state index contributed by atoms with van der Waals surface area (Å²) in [5, 5.41) is 3.03. The highest BCUT2D eigenvalue weighted by Crippen LogP contribution is 2.31. The number of nitrogens with zero attached hydrogens (tertiary/aromatic N) is 4. The van der Waals surface area contributed by atoms with Crippen LogP contribution in [0.25, 0.3) is 22.3 Å². The molecular formula is C26H23F3N6O. The minimum absolute atomic E-state index is 0.0105. The highest BCUT2D eigenvalue weighted by Gasteiger charge is 2.30. The van der Waals surface area contributed by atoms with Gasteiger partial charge in [0, 0.05) is 35.9 Å². The lowest BCUT2D eigenvalue weighted by Crippen LogP contribution is -2.45. The van der Waals surface area contributed by atoms with E-state index in [1.807, 2.05) is 18.2 Å². The van der Waals surface area contributed by atoms with Gasteiger partial charge in [-0.05, 0) is 61.4 Å². The van der Waals surface area contributed by atoms with Gasteiger partial charge in [0.2, 0.25) is 0 Å². The second kappa shape index (κ2) is 9.54. The molecule has 1 fully saturated rings. The molecule has 4 aromatic rings. The van der Waals surface area contributed by atoms with Crippen LogP contribution in [-0.4, -0.2) is 44.9 Å². The predicted molar refractivity (Wildman–Crippen MR) is 131 cm³/mol. The van der Waals surface area contributed by atoms with Gasteiger partial charge in [-0.25, -0.2) is 15.0 Å². The lowest BCUT2D eigenvalue weighted by molar-refractivity contribution is -0.137. The average Bonchev–Trinajstić information content (AvgIpc) is 2.88. The highest BCUT2D eigenvalue weighted by molar-refractivity contribution is 5.95. The van der Waals surface area contributed by atoms with E-state index in [9.17, 15) is 18.0 Å². The number of rotatable bonds is 4. The fourth-order valence-electron chi connectivity index (χ4n) is 4.23. The van der Waals surface area contributed by atoms with Crippen LogP contribution in [0.3, 0.4) is 0 Å².